The van der Waals surface area contributed by atoms with Crippen LogP contribution in [0.3, 0.4) is 0 Å². The number of rotatable bonds is 4. The molecule has 116 valence electrons. The number of amides is 1. The van der Waals surface area contributed by atoms with Gasteiger partial charge in [-0.05, 0) is 48.5 Å². The minimum atomic E-state index is -0.214. The van der Waals surface area contributed by atoms with Gasteiger partial charge in [-0.2, -0.15) is 4.80 Å². The molecule has 0 fully saturated rings. The first-order valence-electron chi connectivity index (χ1n) is 7.00. The summed E-state index contributed by atoms with van der Waals surface area (Å²) in [4.78, 5) is 13.3. The van der Waals surface area contributed by atoms with Crippen LogP contribution in [0.1, 0.15) is 5.56 Å². The Morgan fingerprint density at radius 1 is 1.13 bits per heavy atom. The van der Waals surface area contributed by atoms with Gasteiger partial charge in [0, 0.05) is 16.3 Å². The van der Waals surface area contributed by atoms with Crippen molar-refractivity contribution in [1.29, 1.82) is 0 Å². The van der Waals surface area contributed by atoms with Crippen LogP contribution in [0.25, 0.3) is 11.4 Å². The molecule has 0 spiro atoms. The second-order valence-corrected chi connectivity index (χ2v) is 5.50. The van der Waals surface area contributed by atoms with E-state index in [1.54, 1.807) is 24.3 Å². The van der Waals surface area contributed by atoms with E-state index in [1.807, 2.05) is 31.2 Å². The van der Waals surface area contributed by atoms with Crippen LogP contribution in [0.5, 0.6) is 0 Å². The van der Waals surface area contributed by atoms with Crippen molar-refractivity contribution >= 4 is 23.2 Å². The van der Waals surface area contributed by atoms with Gasteiger partial charge < -0.3 is 5.32 Å². The van der Waals surface area contributed by atoms with Crippen LogP contribution in [-0.2, 0) is 11.3 Å². The van der Waals surface area contributed by atoms with E-state index in [-0.39, 0.29) is 12.5 Å². The summed E-state index contributed by atoms with van der Waals surface area (Å²) in [7, 11) is 0. The molecule has 0 bridgehead atoms. The maximum Gasteiger partial charge on any atom is 0.248 e. The minimum Gasteiger partial charge on any atom is -0.324 e. The topological polar surface area (TPSA) is 72.7 Å². The molecule has 0 aliphatic carbocycles. The molecule has 1 N–H and O–H groups in total. The number of benzene rings is 2. The minimum absolute atomic E-state index is 0.00549. The fourth-order valence-corrected chi connectivity index (χ4v) is 2.12. The fraction of sp³-hybridized carbons (Fsp3) is 0.125. The van der Waals surface area contributed by atoms with Crippen molar-refractivity contribution < 1.29 is 4.79 Å². The first-order chi connectivity index (χ1) is 11.1. The van der Waals surface area contributed by atoms with Gasteiger partial charge in [0.1, 0.15) is 6.54 Å². The second kappa shape index (κ2) is 6.58. The lowest BCUT2D eigenvalue weighted by Gasteiger charge is -2.04. The molecular weight excluding hydrogens is 314 g/mol. The Labute approximate surface area is 138 Å². The van der Waals surface area contributed by atoms with Crippen LogP contribution < -0.4 is 5.32 Å². The number of hydrogen-bond acceptors (Lipinski definition) is 4. The van der Waals surface area contributed by atoms with E-state index in [0.29, 0.717) is 10.8 Å². The SMILES string of the molecule is Cc1ccc(NC(=O)Cn2nnc(-c3ccc(Cl)cc3)n2)cc1. The number of aryl methyl sites for hydroxylation is 1. The zero-order chi connectivity index (χ0) is 16.2. The van der Waals surface area contributed by atoms with Gasteiger partial charge in [0.05, 0.1) is 0 Å². The van der Waals surface area contributed by atoms with E-state index in [9.17, 15) is 4.79 Å². The number of nitrogens with zero attached hydrogens (tertiary/aromatic N) is 4. The molecule has 3 aromatic rings. The van der Waals surface area contributed by atoms with Gasteiger partial charge in [0.15, 0.2) is 0 Å². The lowest BCUT2D eigenvalue weighted by molar-refractivity contribution is -0.117. The van der Waals surface area contributed by atoms with Gasteiger partial charge in [-0.1, -0.05) is 29.3 Å². The molecule has 0 unspecified atom stereocenters. The van der Waals surface area contributed by atoms with E-state index in [2.05, 4.69) is 20.7 Å². The maximum atomic E-state index is 12.0. The van der Waals surface area contributed by atoms with Gasteiger partial charge in [0.2, 0.25) is 11.7 Å². The third-order valence-electron chi connectivity index (χ3n) is 3.18. The Morgan fingerprint density at radius 3 is 2.52 bits per heavy atom. The van der Waals surface area contributed by atoms with Crippen LogP contribution in [0.4, 0.5) is 5.69 Å². The lowest BCUT2D eigenvalue weighted by Crippen LogP contribution is -2.20. The monoisotopic (exact) mass is 327 g/mol. The summed E-state index contributed by atoms with van der Waals surface area (Å²) < 4.78 is 0. The van der Waals surface area contributed by atoms with E-state index >= 15 is 0 Å². The van der Waals surface area contributed by atoms with Crippen molar-refractivity contribution in [3.63, 3.8) is 0 Å². The highest BCUT2D eigenvalue weighted by Crippen LogP contribution is 2.17. The van der Waals surface area contributed by atoms with Crippen molar-refractivity contribution in [2.24, 2.45) is 0 Å². The molecule has 0 saturated carbocycles. The molecule has 0 saturated heterocycles. The molecule has 23 heavy (non-hydrogen) atoms. The number of carbonyl (C=O) groups is 1. The first-order valence-corrected chi connectivity index (χ1v) is 7.38. The number of halogens is 1. The molecule has 0 atom stereocenters. The van der Waals surface area contributed by atoms with Crippen molar-refractivity contribution in [3.05, 3.63) is 59.1 Å². The smallest absolute Gasteiger partial charge is 0.248 e. The van der Waals surface area contributed by atoms with Crippen molar-refractivity contribution in [3.8, 4) is 11.4 Å². The van der Waals surface area contributed by atoms with Gasteiger partial charge >= 0.3 is 0 Å². The Morgan fingerprint density at radius 2 is 1.83 bits per heavy atom. The average molecular weight is 328 g/mol. The molecule has 1 aromatic heterocycles. The highest BCUT2D eigenvalue weighted by Gasteiger charge is 2.09. The van der Waals surface area contributed by atoms with Crippen LogP contribution in [0.2, 0.25) is 5.02 Å². The maximum absolute atomic E-state index is 12.0. The number of carbonyl (C=O) groups excluding carboxylic acids is 1. The summed E-state index contributed by atoms with van der Waals surface area (Å²) in [6.07, 6.45) is 0. The third kappa shape index (κ3) is 3.92. The number of anilines is 1. The number of tetrazole rings is 1. The van der Waals surface area contributed by atoms with Crippen LogP contribution >= 0.6 is 11.6 Å². The Balaban J connectivity index is 1.65. The molecule has 0 radical (unpaired) electrons. The van der Waals surface area contributed by atoms with Crippen molar-refractivity contribution in [2.75, 3.05) is 5.32 Å². The van der Waals surface area contributed by atoms with E-state index in [4.69, 9.17) is 11.6 Å². The molecule has 7 heteroatoms. The largest absolute Gasteiger partial charge is 0.324 e. The summed E-state index contributed by atoms with van der Waals surface area (Å²) in [5.74, 6) is 0.235. The molecular formula is C16H14ClN5O. The number of aromatic nitrogens is 4. The Hall–Kier alpha value is -2.73. The summed E-state index contributed by atoms with van der Waals surface area (Å²) in [5, 5.41) is 15.5. The molecule has 6 nitrogen and oxygen atoms in total. The molecule has 3 rings (SSSR count). The van der Waals surface area contributed by atoms with Gasteiger partial charge in [-0.25, -0.2) is 0 Å². The second-order valence-electron chi connectivity index (χ2n) is 5.06. The number of nitrogens with one attached hydrogen (secondary N) is 1. The van der Waals surface area contributed by atoms with E-state index in [1.165, 1.54) is 4.80 Å². The highest BCUT2D eigenvalue weighted by atomic mass is 35.5. The summed E-state index contributed by atoms with van der Waals surface area (Å²) in [6.45, 7) is 1.98. The van der Waals surface area contributed by atoms with E-state index in [0.717, 1.165) is 16.8 Å². The van der Waals surface area contributed by atoms with Crippen LogP contribution in [-0.4, -0.2) is 26.1 Å². The normalized spacial score (nSPS) is 10.5. The highest BCUT2D eigenvalue weighted by molar-refractivity contribution is 6.30. The predicted octanol–water partition coefficient (Wildman–Crippen LogP) is 2.94. The average Bonchev–Trinajstić information content (AvgIpc) is 2.98. The van der Waals surface area contributed by atoms with Crippen LogP contribution in [0, 0.1) is 6.92 Å². The predicted molar refractivity (Wildman–Crippen MR) is 88.1 cm³/mol. The van der Waals surface area contributed by atoms with Crippen molar-refractivity contribution in [1.82, 2.24) is 20.2 Å². The van der Waals surface area contributed by atoms with Gasteiger partial charge in [-0.3, -0.25) is 4.79 Å². The standard InChI is InChI=1S/C16H14ClN5O/c1-11-2-8-14(9-3-11)18-15(23)10-22-20-16(19-21-22)12-4-6-13(17)7-5-12/h2-9H,10H2,1H3,(H,18,23). The summed E-state index contributed by atoms with van der Waals surface area (Å²) >= 11 is 5.85. The zero-order valence-electron chi connectivity index (χ0n) is 12.4. The number of hydrogen-bond donors (Lipinski definition) is 1. The third-order valence-corrected chi connectivity index (χ3v) is 3.43. The molecule has 1 amide bonds. The zero-order valence-corrected chi connectivity index (χ0v) is 13.2. The Kier molecular flexibility index (Phi) is 4.34. The summed E-state index contributed by atoms with van der Waals surface area (Å²) in [6, 6.07) is 14.7. The molecule has 2 aromatic carbocycles. The molecule has 0 aliphatic heterocycles. The molecule has 1 heterocycles. The van der Waals surface area contributed by atoms with Gasteiger partial charge in [-0.15, -0.1) is 10.2 Å². The summed E-state index contributed by atoms with van der Waals surface area (Å²) in [5.41, 5.74) is 2.66. The van der Waals surface area contributed by atoms with Crippen LogP contribution in [0.15, 0.2) is 48.5 Å². The Bertz CT molecular complexity index is 811. The quantitative estimate of drug-likeness (QED) is 0.799. The first kappa shape index (κ1) is 15.2. The van der Waals surface area contributed by atoms with Gasteiger partial charge in [0.25, 0.3) is 0 Å². The lowest BCUT2D eigenvalue weighted by atomic mass is 10.2. The van der Waals surface area contributed by atoms with E-state index < -0.39 is 0 Å². The fourth-order valence-electron chi connectivity index (χ4n) is 1.99. The molecule has 0 aliphatic rings. The van der Waals surface area contributed by atoms with Crippen molar-refractivity contribution in [2.45, 2.75) is 13.5 Å².